The third-order valence-corrected chi connectivity index (χ3v) is 16.6. The number of rotatable bonds is 8. The smallest absolute Gasteiger partial charge is 0.417 e. The van der Waals surface area contributed by atoms with E-state index in [1.54, 1.807) is 7.11 Å². The number of esters is 2. The fourth-order valence-electron chi connectivity index (χ4n) is 14.2. The number of aromatic amines is 1. The number of carbonyl (C=O) groups excluding carboxylic acids is 4. The van der Waals surface area contributed by atoms with Crippen molar-refractivity contribution in [1.82, 2.24) is 19.7 Å². The number of fused-ring (bicyclic) bond motifs is 7. The quantitative estimate of drug-likeness (QED) is 0.135. The van der Waals surface area contributed by atoms with Gasteiger partial charge in [0, 0.05) is 103 Å². The van der Waals surface area contributed by atoms with Crippen molar-refractivity contribution in [2.45, 2.75) is 99.5 Å². The van der Waals surface area contributed by atoms with Gasteiger partial charge in [0.15, 0.2) is 6.10 Å². The van der Waals surface area contributed by atoms with Crippen LogP contribution in [0.15, 0.2) is 48.6 Å². The maximum absolute atomic E-state index is 15.5. The van der Waals surface area contributed by atoms with Crippen LogP contribution in [-0.2, 0) is 45.8 Å². The number of para-hydroxylation sites is 1. The Hall–Kier alpha value is -4.63. The predicted octanol–water partition coefficient (Wildman–Crippen LogP) is 5.04. The van der Waals surface area contributed by atoms with Crippen LogP contribution < -0.4 is 9.64 Å². The Labute approximate surface area is 372 Å². The number of anilines is 1. The first kappa shape index (κ1) is 42.3. The molecule has 14 nitrogen and oxygen atoms in total. The number of aromatic nitrogens is 1. The van der Waals surface area contributed by atoms with Crippen molar-refractivity contribution >= 4 is 52.1 Å². The number of methoxy groups -OCH3 is 2. The average Bonchev–Trinajstić information content (AvgIpc) is 3.99. The minimum Gasteiger partial charge on any atom is -0.496 e. The van der Waals surface area contributed by atoms with Gasteiger partial charge in [-0.15, -0.1) is 11.6 Å². The molecule has 3 saturated heterocycles. The monoisotopic (exact) mass is 883 g/mol. The topological polar surface area (TPSA) is 154 Å². The highest BCUT2D eigenvalue weighted by molar-refractivity contribution is 6.18. The summed E-state index contributed by atoms with van der Waals surface area (Å²) in [5.74, 6) is -1.29. The number of hydrogen-bond donors (Lipinski definition) is 2. The minimum atomic E-state index is -1.97. The second-order valence-corrected chi connectivity index (χ2v) is 19.6. The molecule has 0 radical (unpaired) electrons. The molecule has 3 aromatic rings. The first-order valence-electron chi connectivity index (χ1n) is 22.5. The largest absolute Gasteiger partial charge is 0.496 e. The molecular formula is C48H58ClN5O9. The standard InChI is InChI=1S/C48H58ClN5O9/c1-7-44(59)24-29-25-47(42(57)61-6,37-31(14-19-52(26-29)27-44)30-12-9-10-13-34(30)50-37)33-22-32-35(23-36(33)60-5)51(4)39-46(32)16-20-53-18-11-15-45(8-2,38(46)53)40(62-28(3)55)48(39)41(56)54(21-17-49)43(58)63-48/h9-13,15,22-23,29,38-40,50,59H,7-8,14,16-21,24-27H2,1-6H3/t29?,38?,39?,40?,44-,45+,46+,47-,48-/m0/s1. The van der Waals surface area contributed by atoms with Gasteiger partial charge in [0.2, 0.25) is 0 Å². The van der Waals surface area contributed by atoms with Crippen molar-refractivity contribution in [3.63, 3.8) is 0 Å². The SMILES string of the molecule is CC[C@]1(O)CC2CN(CCc3c([nH]c4ccccc34)[C@@](C(=O)OC)(c3cc4c(cc3OC)N(C)C3[C@]5(OC(=O)N(CCCl)C5=O)C(OC(C)=O)[C@]5(CC)C=CCN6CC[C@]43C65)C2)C1. The van der Waals surface area contributed by atoms with Gasteiger partial charge in [-0.25, -0.2) is 9.69 Å². The summed E-state index contributed by atoms with van der Waals surface area (Å²) in [6.07, 6.45) is 5.22. The van der Waals surface area contributed by atoms with Crippen molar-refractivity contribution < 1.29 is 43.2 Å². The molecule has 7 heterocycles. The highest BCUT2D eigenvalue weighted by Crippen LogP contribution is 2.69. The Balaban J connectivity index is 1.28. The summed E-state index contributed by atoms with van der Waals surface area (Å²) in [4.78, 5) is 69.9. The molecular weight excluding hydrogens is 826 g/mol. The van der Waals surface area contributed by atoms with Crippen LogP contribution in [0.2, 0.25) is 0 Å². The molecule has 5 unspecified atom stereocenters. The number of H-pyrrole nitrogens is 1. The molecule has 2 amide bonds. The first-order valence-corrected chi connectivity index (χ1v) is 23.1. The van der Waals surface area contributed by atoms with Gasteiger partial charge in [-0.3, -0.25) is 24.2 Å². The lowest BCUT2D eigenvalue weighted by Crippen LogP contribution is -2.81. The molecule has 4 fully saturated rings. The molecule has 1 aromatic heterocycles. The minimum absolute atomic E-state index is 0.00340. The summed E-state index contributed by atoms with van der Waals surface area (Å²) in [7, 11) is 4.94. The van der Waals surface area contributed by atoms with Gasteiger partial charge < -0.3 is 33.9 Å². The fourth-order valence-corrected chi connectivity index (χ4v) is 14.4. The number of piperidine rings is 1. The second kappa shape index (κ2) is 14.7. The van der Waals surface area contributed by atoms with Gasteiger partial charge in [-0.2, -0.15) is 0 Å². The molecule has 1 saturated carbocycles. The number of amides is 2. The average molecular weight is 884 g/mol. The van der Waals surface area contributed by atoms with Crippen LogP contribution in [0.1, 0.15) is 75.3 Å². The van der Waals surface area contributed by atoms with E-state index in [0.717, 1.165) is 38.3 Å². The molecule has 336 valence electrons. The molecule has 15 heteroatoms. The Morgan fingerprint density at radius 1 is 1.05 bits per heavy atom. The van der Waals surface area contributed by atoms with Gasteiger partial charge in [0.25, 0.3) is 11.5 Å². The van der Waals surface area contributed by atoms with Crippen molar-refractivity contribution in [2.75, 3.05) is 71.3 Å². The number of imide groups is 1. The molecule has 7 aliphatic rings. The molecule has 10 rings (SSSR count). The normalized spacial score (nSPS) is 36.5. The number of nitrogens with zero attached hydrogens (tertiary/aromatic N) is 4. The van der Waals surface area contributed by atoms with E-state index >= 15 is 9.59 Å². The number of likely N-dealkylation sites (N-methyl/N-ethyl adjacent to an activating group) is 1. The zero-order chi connectivity index (χ0) is 44.4. The van der Waals surface area contributed by atoms with Crippen LogP contribution in [0.4, 0.5) is 10.5 Å². The van der Waals surface area contributed by atoms with Gasteiger partial charge in [-0.05, 0) is 74.2 Å². The van der Waals surface area contributed by atoms with Crippen LogP contribution in [0.3, 0.4) is 0 Å². The zero-order valence-corrected chi connectivity index (χ0v) is 37.8. The van der Waals surface area contributed by atoms with E-state index in [9.17, 15) is 14.7 Å². The van der Waals surface area contributed by atoms with E-state index in [4.69, 9.17) is 30.5 Å². The third kappa shape index (κ3) is 5.47. The lowest BCUT2D eigenvalue weighted by atomic mass is 9.47. The number of alkyl halides is 1. The first-order chi connectivity index (χ1) is 30.2. The number of hydrogen-bond acceptors (Lipinski definition) is 12. The zero-order valence-electron chi connectivity index (χ0n) is 37.0. The molecule has 1 aliphatic carbocycles. The van der Waals surface area contributed by atoms with E-state index < -0.39 is 63.5 Å². The second-order valence-electron chi connectivity index (χ2n) is 19.2. The summed E-state index contributed by atoms with van der Waals surface area (Å²) in [6, 6.07) is 11.1. The number of benzene rings is 2. The highest BCUT2D eigenvalue weighted by Gasteiger charge is 2.84. The molecule has 6 aliphatic heterocycles. The summed E-state index contributed by atoms with van der Waals surface area (Å²) >= 11 is 6.24. The van der Waals surface area contributed by atoms with Gasteiger partial charge in [0.05, 0.1) is 25.9 Å². The maximum Gasteiger partial charge on any atom is 0.417 e. The summed E-state index contributed by atoms with van der Waals surface area (Å²) in [5.41, 5.74) is -1.32. The Kier molecular flexibility index (Phi) is 9.87. The highest BCUT2D eigenvalue weighted by atomic mass is 35.5. The summed E-state index contributed by atoms with van der Waals surface area (Å²) in [6.45, 7) is 8.54. The van der Waals surface area contributed by atoms with E-state index in [1.807, 2.05) is 50.1 Å². The predicted molar refractivity (Wildman–Crippen MR) is 235 cm³/mol. The molecule has 63 heavy (non-hydrogen) atoms. The Morgan fingerprint density at radius 3 is 2.56 bits per heavy atom. The number of carbonyl (C=O) groups is 4. The van der Waals surface area contributed by atoms with Gasteiger partial charge in [-0.1, -0.05) is 44.2 Å². The Morgan fingerprint density at radius 2 is 1.84 bits per heavy atom. The van der Waals surface area contributed by atoms with Crippen LogP contribution in [0.25, 0.3) is 10.9 Å². The van der Waals surface area contributed by atoms with E-state index in [-0.39, 0.29) is 24.4 Å². The molecule has 2 aromatic carbocycles. The number of halogens is 1. The fraction of sp³-hybridized carbons (Fsp3) is 0.583. The van der Waals surface area contributed by atoms with Gasteiger partial charge >= 0.3 is 18.0 Å². The maximum atomic E-state index is 15.5. The van der Waals surface area contributed by atoms with E-state index in [1.165, 1.54) is 14.0 Å². The lowest BCUT2D eigenvalue weighted by Gasteiger charge is -2.63. The number of ether oxygens (including phenoxy) is 4. The summed E-state index contributed by atoms with van der Waals surface area (Å²) in [5, 5.41) is 13.1. The van der Waals surface area contributed by atoms with Crippen molar-refractivity contribution in [1.29, 1.82) is 0 Å². The summed E-state index contributed by atoms with van der Waals surface area (Å²) < 4.78 is 25.4. The van der Waals surface area contributed by atoms with Crippen LogP contribution >= 0.6 is 11.6 Å². The van der Waals surface area contributed by atoms with E-state index in [0.29, 0.717) is 82.6 Å². The van der Waals surface area contributed by atoms with Gasteiger partial charge in [0.1, 0.15) is 11.2 Å². The molecule has 2 bridgehead atoms. The number of aliphatic hydroxyl groups is 1. The Bertz CT molecular complexity index is 2460. The molecule has 2 N–H and O–H groups in total. The van der Waals surface area contributed by atoms with Crippen molar-refractivity contribution in [2.24, 2.45) is 11.3 Å². The van der Waals surface area contributed by atoms with E-state index in [2.05, 4.69) is 39.1 Å². The van der Waals surface area contributed by atoms with Crippen LogP contribution in [0, 0.1) is 11.3 Å². The van der Waals surface area contributed by atoms with Crippen LogP contribution in [-0.4, -0.2) is 145 Å². The van der Waals surface area contributed by atoms with Crippen molar-refractivity contribution in [3.8, 4) is 5.75 Å². The van der Waals surface area contributed by atoms with Crippen molar-refractivity contribution in [3.05, 3.63) is 70.9 Å². The molecule has 2 spiro atoms. The molecule has 10 atom stereocenters. The lowest BCUT2D eigenvalue weighted by molar-refractivity contribution is -0.210. The van der Waals surface area contributed by atoms with Crippen LogP contribution in [0.5, 0.6) is 5.75 Å². The third-order valence-electron chi connectivity index (χ3n) is 16.4. The number of nitrogens with one attached hydrogen (secondary N) is 1.